The van der Waals surface area contributed by atoms with Crippen LogP contribution in [0.5, 0.6) is 11.5 Å². The molecule has 3 rings (SSSR count). The Morgan fingerprint density at radius 1 is 1.28 bits per heavy atom. The van der Waals surface area contributed by atoms with Gasteiger partial charge in [0.1, 0.15) is 6.54 Å². The number of phenolic OH excluding ortho intramolecular Hbond substituents is 1. The number of benzene rings is 2. The van der Waals surface area contributed by atoms with Gasteiger partial charge in [-0.15, -0.1) is 0 Å². The molecule has 1 aliphatic heterocycles. The molecular weight excluding hydrogens is 460 g/mol. The summed E-state index contributed by atoms with van der Waals surface area (Å²) in [7, 11) is 0. The molecule has 0 aliphatic carbocycles. The number of ether oxygens (including phenoxy) is 1. The minimum Gasteiger partial charge on any atom is -0.504 e. The number of rotatable bonds is 6. The van der Waals surface area contributed by atoms with Crippen molar-refractivity contribution < 1.29 is 24.2 Å². The molecular formula is C20H17BrN2O5S. The number of hydrogen-bond donors (Lipinski definition) is 2. The highest BCUT2D eigenvalue weighted by Gasteiger charge is 2.36. The van der Waals surface area contributed by atoms with Gasteiger partial charge in [-0.3, -0.25) is 19.3 Å². The van der Waals surface area contributed by atoms with Crippen LogP contribution in [-0.4, -0.2) is 40.2 Å². The predicted octanol–water partition coefficient (Wildman–Crippen LogP) is 4.23. The highest BCUT2D eigenvalue weighted by Crippen LogP contribution is 2.38. The van der Waals surface area contributed by atoms with E-state index < -0.39 is 23.6 Å². The van der Waals surface area contributed by atoms with Gasteiger partial charge >= 0.3 is 0 Å². The maximum Gasteiger partial charge on any atom is 0.294 e. The molecule has 2 aromatic rings. The topological polar surface area (TPSA) is 95.9 Å². The first-order valence-corrected chi connectivity index (χ1v) is 10.3. The van der Waals surface area contributed by atoms with Crippen molar-refractivity contribution in [2.24, 2.45) is 0 Å². The van der Waals surface area contributed by atoms with Crippen molar-refractivity contribution in [2.75, 3.05) is 18.5 Å². The van der Waals surface area contributed by atoms with Gasteiger partial charge in [0.2, 0.25) is 5.91 Å². The Morgan fingerprint density at radius 3 is 2.69 bits per heavy atom. The van der Waals surface area contributed by atoms with E-state index in [-0.39, 0.29) is 16.4 Å². The zero-order valence-corrected chi connectivity index (χ0v) is 17.7. The second kappa shape index (κ2) is 9.15. The minimum atomic E-state index is -0.597. The maximum atomic E-state index is 12.6. The van der Waals surface area contributed by atoms with Crippen LogP contribution in [0.3, 0.4) is 0 Å². The van der Waals surface area contributed by atoms with Crippen LogP contribution in [0, 0.1) is 0 Å². The molecule has 3 amide bonds. The molecule has 0 spiro atoms. The van der Waals surface area contributed by atoms with Crippen LogP contribution < -0.4 is 10.1 Å². The first-order chi connectivity index (χ1) is 13.9. The zero-order chi connectivity index (χ0) is 21.0. The van der Waals surface area contributed by atoms with Gasteiger partial charge in [-0.05, 0) is 49.0 Å². The van der Waals surface area contributed by atoms with Gasteiger partial charge < -0.3 is 15.2 Å². The minimum absolute atomic E-state index is 0.110. The van der Waals surface area contributed by atoms with Crippen LogP contribution in [0.2, 0.25) is 0 Å². The van der Waals surface area contributed by atoms with E-state index >= 15 is 0 Å². The standard InChI is InChI=1S/C20H17BrN2O5S/c1-2-28-15-10-13(21)8-12(18(15)25)9-16-19(26)23(20(27)29-16)11-17(24)22-14-6-4-3-5-7-14/h3-10,25H,2,11H2,1H3,(H,22,24)/b16-9-. The van der Waals surface area contributed by atoms with Crippen molar-refractivity contribution in [2.45, 2.75) is 6.92 Å². The number of amides is 3. The van der Waals surface area contributed by atoms with Crippen LogP contribution in [0.1, 0.15) is 12.5 Å². The Balaban J connectivity index is 1.77. The molecule has 0 unspecified atom stereocenters. The highest BCUT2D eigenvalue weighted by molar-refractivity contribution is 9.10. The summed E-state index contributed by atoms with van der Waals surface area (Å²) >= 11 is 4.04. The van der Waals surface area contributed by atoms with E-state index in [0.29, 0.717) is 34.1 Å². The smallest absolute Gasteiger partial charge is 0.294 e. The number of phenols is 1. The monoisotopic (exact) mass is 476 g/mol. The van der Waals surface area contributed by atoms with Crippen molar-refractivity contribution in [3.05, 3.63) is 57.4 Å². The summed E-state index contributed by atoms with van der Waals surface area (Å²) in [6.07, 6.45) is 1.41. The summed E-state index contributed by atoms with van der Waals surface area (Å²) in [6.45, 7) is 1.74. The Kier molecular flexibility index (Phi) is 6.60. The molecule has 1 fully saturated rings. The number of anilines is 1. The molecule has 2 N–H and O–H groups in total. The number of para-hydroxylation sites is 1. The van der Waals surface area contributed by atoms with Crippen LogP contribution >= 0.6 is 27.7 Å². The third kappa shape index (κ3) is 4.99. The van der Waals surface area contributed by atoms with Crippen molar-refractivity contribution in [3.8, 4) is 11.5 Å². The van der Waals surface area contributed by atoms with Gasteiger partial charge in [-0.25, -0.2) is 0 Å². The van der Waals surface area contributed by atoms with Gasteiger partial charge in [0, 0.05) is 15.7 Å². The van der Waals surface area contributed by atoms with E-state index in [1.54, 1.807) is 43.3 Å². The zero-order valence-electron chi connectivity index (χ0n) is 15.3. The normalized spacial score (nSPS) is 15.1. The number of aromatic hydroxyl groups is 1. The number of imide groups is 1. The fraction of sp³-hybridized carbons (Fsp3) is 0.150. The lowest BCUT2D eigenvalue weighted by molar-refractivity contribution is -0.127. The second-order valence-electron chi connectivity index (χ2n) is 5.96. The molecule has 9 heteroatoms. The van der Waals surface area contributed by atoms with Crippen LogP contribution in [0.4, 0.5) is 10.5 Å². The fourth-order valence-electron chi connectivity index (χ4n) is 2.61. The summed E-state index contributed by atoms with van der Waals surface area (Å²) in [5.41, 5.74) is 0.893. The van der Waals surface area contributed by atoms with E-state index in [9.17, 15) is 19.5 Å². The first kappa shape index (κ1) is 20.9. The summed E-state index contributed by atoms with van der Waals surface area (Å²) in [5.74, 6) is -0.956. The lowest BCUT2D eigenvalue weighted by Crippen LogP contribution is -2.36. The summed E-state index contributed by atoms with van der Waals surface area (Å²) in [6, 6.07) is 12.0. The number of nitrogens with one attached hydrogen (secondary N) is 1. The molecule has 0 aromatic heterocycles. The Labute approximate surface area is 179 Å². The number of carbonyl (C=O) groups is 3. The maximum absolute atomic E-state index is 12.6. The van der Waals surface area contributed by atoms with E-state index in [1.165, 1.54) is 6.08 Å². The Hall–Kier alpha value is -2.78. The van der Waals surface area contributed by atoms with Crippen molar-refractivity contribution >= 4 is 56.5 Å². The molecule has 0 saturated carbocycles. The van der Waals surface area contributed by atoms with Gasteiger partial charge in [0.05, 0.1) is 11.5 Å². The van der Waals surface area contributed by atoms with Crippen molar-refractivity contribution in [1.29, 1.82) is 0 Å². The third-order valence-electron chi connectivity index (χ3n) is 3.89. The number of hydrogen-bond acceptors (Lipinski definition) is 6. The molecule has 0 radical (unpaired) electrons. The van der Waals surface area contributed by atoms with Gasteiger partial charge in [0.25, 0.3) is 11.1 Å². The summed E-state index contributed by atoms with van der Waals surface area (Å²) in [5, 5.41) is 12.4. The SMILES string of the molecule is CCOc1cc(Br)cc(/C=C2\SC(=O)N(CC(=O)Nc3ccccc3)C2=O)c1O. The molecule has 29 heavy (non-hydrogen) atoms. The average molecular weight is 477 g/mol. The van der Waals surface area contributed by atoms with E-state index in [1.807, 2.05) is 6.07 Å². The Morgan fingerprint density at radius 2 is 2.00 bits per heavy atom. The molecule has 0 atom stereocenters. The van der Waals surface area contributed by atoms with Gasteiger partial charge in [-0.2, -0.15) is 0 Å². The van der Waals surface area contributed by atoms with Crippen LogP contribution in [-0.2, 0) is 9.59 Å². The molecule has 2 aromatic carbocycles. The number of carbonyl (C=O) groups excluding carboxylic acids is 3. The molecule has 1 saturated heterocycles. The number of thioether (sulfide) groups is 1. The largest absolute Gasteiger partial charge is 0.504 e. The lowest BCUT2D eigenvalue weighted by Gasteiger charge is -2.12. The molecule has 150 valence electrons. The molecule has 0 bridgehead atoms. The molecule has 7 nitrogen and oxygen atoms in total. The number of nitrogens with zero attached hydrogens (tertiary/aromatic N) is 1. The highest BCUT2D eigenvalue weighted by atomic mass is 79.9. The van der Waals surface area contributed by atoms with E-state index in [0.717, 1.165) is 4.90 Å². The summed E-state index contributed by atoms with van der Waals surface area (Å²) < 4.78 is 6.01. The second-order valence-corrected chi connectivity index (χ2v) is 7.87. The van der Waals surface area contributed by atoms with Crippen molar-refractivity contribution in [3.63, 3.8) is 0 Å². The predicted molar refractivity (Wildman–Crippen MR) is 115 cm³/mol. The summed E-state index contributed by atoms with van der Waals surface area (Å²) in [4.78, 5) is 38.0. The lowest BCUT2D eigenvalue weighted by atomic mass is 10.1. The van der Waals surface area contributed by atoms with E-state index in [4.69, 9.17) is 4.74 Å². The van der Waals surface area contributed by atoms with Crippen molar-refractivity contribution in [1.82, 2.24) is 4.90 Å². The van der Waals surface area contributed by atoms with E-state index in [2.05, 4.69) is 21.2 Å². The third-order valence-corrected chi connectivity index (χ3v) is 5.25. The van der Waals surface area contributed by atoms with Crippen LogP contribution in [0.15, 0.2) is 51.8 Å². The van der Waals surface area contributed by atoms with Gasteiger partial charge in [-0.1, -0.05) is 34.1 Å². The average Bonchev–Trinajstić information content (AvgIpc) is 2.94. The first-order valence-electron chi connectivity index (χ1n) is 8.64. The fourth-order valence-corrected chi connectivity index (χ4v) is 3.90. The quantitative estimate of drug-likeness (QED) is 0.605. The van der Waals surface area contributed by atoms with Crippen LogP contribution in [0.25, 0.3) is 6.08 Å². The van der Waals surface area contributed by atoms with Gasteiger partial charge in [0.15, 0.2) is 11.5 Å². The molecule has 1 heterocycles. The Bertz CT molecular complexity index is 994. The number of halogens is 1. The molecule has 1 aliphatic rings.